The highest BCUT2D eigenvalue weighted by molar-refractivity contribution is 5.78. The molecule has 2 nitrogen and oxygen atoms in total. The lowest BCUT2D eigenvalue weighted by molar-refractivity contribution is -0.134. The van der Waals surface area contributed by atoms with Crippen molar-refractivity contribution >= 4 is 5.91 Å². The third-order valence-corrected chi connectivity index (χ3v) is 2.01. The Morgan fingerprint density at radius 1 is 1.64 bits per heavy atom. The molecule has 1 amide bonds. The first-order chi connectivity index (χ1) is 5.16. The number of nitrogens with zero attached hydrogens (tertiary/aromatic N) is 1. The van der Waals surface area contributed by atoms with Crippen LogP contribution in [0.5, 0.6) is 0 Å². The molecule has 63 valence electrons. The summed E-state index contributed by atoms with van der Waals surface area (Å²) in [6, 6.07) is 0.516. The van der Waals surface area contributed by atoms with E-state index in [1.165, 1.54) is 12.8 Å². The normalized spacial score (nSPS) is 17.1. The number of rotatable bonds is 3. The Kier molecular flexibility index (Phi) is 2.53. The van der Waals surface area contributed by atoms with E-state index in [1.54, 1.807) is 0 Å². The predicted octanol–water partition coefficient (Wildman–Crippen LogP) is 1.47. The standard InChI is InChI=1S/C9H16NO/c1-4-10(8-5-6-8)9(11)7(2)3/h7-8H,1,4-6H2,2-3H3. The Morgan fingerprint density at radius 3 is 2.45 bits per heavy atom. The molecule has 0 N–H and O–H groups in total. The van der Waals surface area contributed by atoms with Crippen molar-refractivity contribution in [2.24, 2.45) is 5.92 Å². The number of hydrogen-bond acceptors (Lipinski definition) is 1. The van der Waals surface area contributed by atoms with Crippen LogP contribution in [-0.2, 0) is 4.79 Å². The average molecular weight is 154 g/mol. The molecule has 0 atom stereocenters. The Hall–Kier alpha value is -0.530. The lowest BCUT2D eigenvalue weighted by Crippen LogP contribution is -2.35. The fourth-order valence-corrected chi connectivity index (χ4v) is 1.19. The van der Waals surface area contributed by atoms with Gasteiger partial charge < -0.3 is 4.90 Å². The van der Waals surface area contributed by atoms with Crippen LogP contribution in [0.15, 0.2) is 0 Å². The summed E-state index contributed by atoms with van der Waals surface area (Å²) in [6.07, 6.45) is 2.35. The van der Waals surface area contributed by atoms with Gasteiger partial charge in [-0.25, -0.2) is 0 Å². The van der Waals surface area contributed by atoms with Gasteiger partial charge in [0.05, 0.1) is 0 Å². The smallest absolute Gasteiger partial charge is 0.225 e. The van der Waals surface area contributed by atoms with Crippen molar-refractivity contribution in [2.45, 2.75) is 32.7 Å². The van der Waals surface area contributed by atoms with Gasteiger partial charge in [0.1, 0.15) is 0 Å². The van der Waals surface area contributed by atoms with Crippen LogP contribution in [-0.4, -0.2) is 23.4 Å². The van der Waals surface area contributed by atoms with Crippen LogP contribution in [0.4, 0.5) is 0 Å². The van der Waals surface area contributed by atoms with Crippen LogP contribution in [0.3, 0.4) is 0 Å². The molecule has 11 heavy (non-hydrogen) atoms. The molecule has 1 fully saturated rings. The van der Waals surface area contributed by atoms with Gasteiger partial charge in [-0.2, -0.15) is 0 Å². The summed E-state index contributed by atoms with van der Waals surface area (Å²) in [7, 11) is 0. The minimum absolute atomic E-state index is 0.123. The molecular weight excluding hydrogens is 138 g/mol. The topological polar surface area (TPSA) is 20.3 Å². The molecule has 1 aliphatic carbocycles. The van der Waals surface area contributed by atoms with Crippen LogP contribution >= 0.6 is 0 Å². The van der Waals surface area contributed by atoms with Crippen molar-refractivity contribution < 1.29 is 4.79 Å². The van der Waals surface area contributed by atoms with E-state index in [0.717, 1.165) is 0 Å². The molecule has 1 aliphatic rings. The molecule has 0 spiro atoms. The lowest BCUT2D eigenvalue weighted by Gasteiger charge is -2.22. The molecule has 0 heterocycles. The maximum Gasteiger partial charge on any atom is 0.225 e. The molecule has 0 aliphatic heterocycles. The Balaban J connectivity index is 2.46. The van der Waals surface area contributed by atoms with E-state index in [1.807, 2.05) is 18.7 Å². The molecular formula is C9H16NO. The first-order valence-corrected chi connectivity index (χ1v) is 4.26. The van der Waals surface area contributed by atoms with Crippen molar-refractivity contribution in [2.75, 3.05) is 6.54 Å². The Morgan fingerprint density at radius 2 is 2.18 bits per heavy atom. The third-order valence-electron chi connectivity index (χ3n) is 2.01. The quantitative estimate of drug-likeness (QED) is 0.602. The fourth-order valence-electron chi connectivity index (χ4n) is 1.19. The van der Waals surface area contributed by atoms with Crippen molar-refractivity contribution in [3.63, 3.8) is 0 Å². The molecule has 0 aromatic rings. The summed E-state index contributed by atoms with van der Waals surface area (Å²) in [5, 5.41) is 0. The zero-order chi connectivity index (χ0) is 8.43. The molecule has 1 rings (SSSR count). The molecule has 0 unspecified atom stereocenters. The van der Waals surface area contributed by atoms with Gasteiger partial charge in [-0.05, 0) is 19.8 Å². The van der Waals surface area contributed by atoms with Gasteiger partial charge in [-0.15, -0.1) is 0 Å². The monoisotopic (exact) mass is 154 g/mol. The fraction of sp³-hybridized carbons (Fsp3) is 0.778. The summed E-state index contributed by atoms with van der Waals surface area (Å²) >= 11 is 0. The van der Waals surface area contributed by atoms with Crippen molar-refractivity contribution in [1.29, 1.82) is 0 Å². The minimum atomic E-state index is 0.123. The second kappa shape index (κ2) is 3.24. The van der Waals surface area contributed by atoms with Gasteiger partial charge in [0.2, 0.25) is 5.91 Å². The van der Waals surface area contributed by atoms with Gasteiger partial charge in [-0.3, -0.25) is 4.79 Å². The Labute approximate surface area is 68.6 Å². The van der Waals surface area contributed by atoms with E-state index >= 15 is 0 Å². The van der Waals surface area contributed by atoms with E-state index in [2.05, 4.69) is 6.92 Å². The van der Waals surface area contributed by atoms with E-state index in [9.17, 15) is 4.79 Å². The molecule has 2 heteroatoms. The highest BCUT2D eigenvalue weighted by atomic mass is 16.2. The van der Waals surface area contributed by atoms with E-state index in [4.69, 9.17) is 0 Å². The second-order valence-corrected chi connectivity index (χ2v) is 3.42. The van der Waals surface area contributed by atoms with E-state index < -0.39 is 0 Å². The molecule has 0 bridgehead atoms. The van der Waals surface area contributed by atoms with Crippen molar-refractivity contribution in [3.05, 3.63) is 6.92 Å². The number of carbonyl (C=O) groups excluding carboxylic acids is 1. The van der Waals surface area contributed by atoms with Gasteiger partial charge in [0, 0.05) is 18.5 Å². The summed E-state index contributed by atoms with van der Waals surface area (Å²) in [6.45, 7) is 8.26. The van der Waals surface area contributed by atoms with Gasteiger partial charge in [-0.1, -0.05) is 13.8 Å². The average Bonchev–Trinajstić information content (AvgIpc) is 2.72. The van der Waals surface area contributed by atoms with Crippen LogP contribution in [0.25, 0.3) is 0 Å². The first-order valence-electron chi connectivity index (χ1n) is 4.26. The summed E-state index contributed by atoms with van der Waals surface area (Å²) in [5.41, 5.74) is 0. The van der Waals surface area contributed by atoms with E-state index in [0.29, 0.717) is 12.6 Å². The SMILES string of the molecule is [CH2]CN(C(=O)C(C)C)C1CC1. The molecule has 0 aromatic carbocycles. The largest absolute Gasteiger partial charge is 0.339 e. The number of hydrogen-bond donors (Lipinski definition) is 0. The van der Waals surface area contributed by atoms with Crippen LogP contribution in [0.2, 0.25) is 0 Å². The number of amides is 1. The summed E-state index contributed by atoms with van der Waals surface area (Å²) in [4.78, 5) is 13.3. The Bertz CT molecular complexity index is 150. The summed E-state index contributed by atoms with van der Waals surface area (Å²) in [5.74, 6) is 0.375. The summed E-state index contributed by atoms with van der Waals surface area (Å²) < 4.78 is 0. The highest BCUT2D eigenvalue weighted by Gasteiger charge is 2.31. The van der Waals surface area contributed by atoms with Gasteiger partial charge >= 0.3 is 0 Å². The van der Waals surface area contributed by atoms with Crippen molar-refractivity contribution in [1.82, 2.24) is 4.90 Å². The molecule has 1 saturated carbocycles. The zero-order valence-electron chi connectivity index (χ0n) is 7.34. The van der Waals surface area contributed by atoms with Crippen LogP contribution in [0, 0.1) is 12.8 Å². The number of carbonyl (C=O) groups is 1. The second-order valence-electron chi connectivity index (χ2n) is 3.42. The van der Waals surface area contributed by atoms with Crippen LogP contribution in [0.1, 0.15) is 26.7 Å². The lowest BCUT2D eigenvalue weighted by atomic mass is 10.2. The third kappa shape index (κ3) is 1.95. The van der Waals surface area contributed by atoms with Crippen LogP contribution < -0.4 is 0 Å². The van der Waals surface area contributed by atoms with E-state index in [-0.39, 0.29) is 11.8 Å². The molecule has 0 aromatic heterocycles. The van der Waals surface area contributed by atoms with Gasteiger partial charge in [0.15, 0.2) is 0 Å². The highest BCUT2D eigenvalue weighted by Crippen LogP contribution is 2.27. The predicted molar refractivity (Wildman–Crippen MR) is 44.9 cm³/mol. The van der Waals surface area contributed by atoms with Crippen molar-refractivity contribution in [3.8, 4) is 0 Å². The minimum Gasteiger partial charge on any atom is -0.339 e. The maximum atomic E-state index is 11.4. The first kappa shape index (κ1) is 8.57. The van der Waals surface area contributed by atoms with Gasteiger partial charge in [0.25, 0.3) is 0 Å². The molecule has 1 radical (unpaired) electrons. The molecule has 0 saturated heterocycles. The maximum absolute atomic E-state index is 11.4. The zero-order valence-corrected chi connectivity index (χ0v) is 7.34.